The summed E-state index contributed by atoms with van der Waals surface area (Å²) in [4.78, 5) is 16.2. The normalized spacial score (nSPS) is 11.0. The topological polar surface area (TPSA) is 65.6 Å². The number of hydrogen-bond donors (Lipinski definition) is 0. The van der Waals surface area contributed by atoms with Gasteiger partial charge in [-0.1, -0.05) is 20.8 Å². The van der Waals surface area contributed by atoms with Gasteiger partial charge in [0.15, 0.2) is 5.78 Å². The molecule has 2 rings (SSSR count). The number of hydrogen-bond acceptors (Lipinski definition) is 4. The Morgan fingerprint density at radius 1 is 1.19 bits per heavy atom. The van der Waals surface area contributed by atoms with Crippen LogP contribution in [-0.4, -0.2) is 30.3 Å². The maximum absolute atomic E-state index is 11.9. The van der Waals surface area contributed by atoms with E-state index in [4.69, 9.17) is 0 Å². The van der Waals surface area contributed by atoms with Crippen LogP contribution in [-0.2, 0) is 25.9 Å². The molecule has 2 aromatic rings. The number of rotatable bonds is 7. The predicted octanol–water partition coefficient (Wildman–Crippen LogP) is 2.26. The third kappa shape index (κ3) is 3.04. The molecule has 2 heterocycles. The van der Waals surface area contributed by atoms with Gasteiger partial charge >= 0.3 is 0 Å². The van der Waals surface area contributed by atoms with E-state index in [1.54, 1.807) is 13.3 Å². The second kappa shape index (κ2) is 6.65. The zero-order valence-corrected chi connectivity index (χ0v) is 13.3. The molecule has 0 spiro atoms. The van der Waals surface area contributed by atoms with Crippen molar-refractivity contribution in [1.82, 2.24) is 24.5 Å². The molecule has 0 fully saturated rings. The molecule has 6 heteroatoms. The lowest BCUT2D eigenvalue weighted by molar-refractivity contribution is 0.101. The average molecular weight is 289 g/mol. The van der Waals surface area contributed by atoms with Gasteiger partial charge in [-0.2, -0.15) is 10.2 Å². The smallest absolute Gasteiger partial charge is 0.163 e. The van der Waals surface area contributed by atoms with Crippen molar-refractivity contribution < 1.29 is 4.79 Å². The summed E-state index contributed by atoms with van der Waals surface area (Å²) in [6.07, 6.45) is 4.13. The molecule has 0 amide bonds. The van der Waals surface area contributed by atoms with Crippen molar-refractivity contribution in [3.05, 3.63) is 29.1 Å². The largest absolute Gasteiger partial charge is 0.294 e. The van der Waals surface area contributed by atoms with Crippen molar-refractivity contribution in [2.75, 3.05) is 0 Å². The van der Waals surface area contributed by atoms with Crippen LogP contribution in [0.2, 0.25) is 0 Å². The molecule has 2 aromatic heterocycles. The second-order valence-electron chi connectivity index (χ2n) is 5.09. The van der Waals surface area contributed by atoms with E-state index in [0.717, 1.165) is 48.6 Å². The highest BCUT2D eigenvalue weighted by Crippen LogP contribution is 2.18. The van der Waals surface area contributed by atoms with Crippen molar-refractivity contribution in [3.8, 4) is 0 Å². The Balaban J connectivity index is 2.40. The van der Waals surface area contributed by atoms with Crippen molar-refractivity contribution in [3.63, 3.8) is 0 Å². The molecular weight excluding hydrogens is 266 g/mol. The van der Waals surface area contributed by atoms with Crippen LogP contribution in [0.5, 0.6) is 0 Å². The number of aromatic nitrogens is 5. The van der Waals surface area contributed by atoms with E-state index in [1.807, 2.05) is 16.3 Å². The monoisotopic (exact) mass is 289 g/mol. The SMILES string of the molecule is CCCn1ncnc1Cn1nc(CC)c(C(C)=O)c1CC. The van der Waals surface area contributed by atoms with Gasteiger partial charge in [0.25, 0.3) is 0 Å². The first-order valence-electron chi connectivity index (χ1n) is 7.58. The van der Waals surface area contributed by atoms with Crippen molar-refractivity contribution >= 4 is 5.78 Å². The standard InChI is InChI=1S/C15H23N5O/c1-5-8-19-14(16-10-17-19)9-20-13(7-3)15(11(4)21)12(6-2)18-20/h10H,5-9H2,1-4H3. The molecule has 0 atom stereocenters. The van der Waals surface area contributed by atoms with Crippen LogP contribution in [0.1, 0.15) is 61.7 Å². The lowest BCUT2D eigenvalue weighted by atomic mass is 10.1. The molecule has 0 aliphatic rings. The van der Waals surface area contributed by atoms with Crippen molar-refractivity contribution in [2.45, 2.75) is 60.0 Å². The van der Waals surface area contributed by atoms with Crippen LogP contribution in [0.15, 0.2) is 6.33 Å². The van der Waals surface area contributed by atoms with E-state index in [0.29, 0.717) is 6.54 Å². The van der Waals surface area contributed by atoms with Gasteiger partial charge in [0.05, 0.1) is 11.3 Å². The Bertz CT molecular complexity index is 626. The quantitative estimate of drug-likeness (QED) is 0.733. The number of ketones is 1. The van der Waals surface area contributed by atoms with Crippen LogP contribution in [0.3, 0.4) is 0 Å². The van der Waals surface area contributed by atoms with Crippen molar-refractivity contribution in [2.24, 2.45) is 0 Å². The number of aryl methyl sites for hydroxylation is 2. The predicted molar refractivity (Wildman–Crippen MR) is 80.4 cm³/mol. The Morgan fingerprint density at radius 2 is 1.95 bits per heavy atom. The highest BCUT2D eigenvalue weighted by Gasteiger charge is 2.20. The Morgan fingerprint density at radius 3 is 2.52 bits per heavy atom. The molecule has 0 N–H and O–H groups in total. The summed E-state index contributed by atoms with van der Waals surface area (Å²) in [6.45, 7) is 9.20. The maximum Gasteiger partial charge on any atom is 0.163 e. The maximum atomic E-state index is 11.9. The fourth-order valence-corrected chi connectivity index (χ4v) is 2.64. The lowest BCUT2D eigenvalue weighted by Gasteiger charge is -2.08. The van der Waals surface area contributed by atoms with Crippen molar-refractivity contribution in [1.29, 1.82) is 0 Å². The fraction of sp³-hybridized carbons (Fsp3) is 0.600. The zero-order chi connectivity index (χ0) is 15.4. The minimum absolute atomic E-state index is 0.0879. The van der Waals surface area contributed by atoms with Crippen LogP contribution in [0.25, 0.3) is 0 Å². The van der Waals surface area contributed by atoms with Crippen LogP contribution < -0.4 is 0 Å². The molecule has 0 saturated heterocycles. The molecule has 0 aliphatic carbocycles. The van der Waals surface area contributed by atoms with E-state index < -0.39 is 0 Å². The highest BCUT2D eigenvalue weighted by atomic mass is 16.1. The summed E-state index contributed by atoms with van der Waals surface area (Å²) in [5, 5.41) is 8.85. The summed E-state index contributed by atoms with van der Waals surface area (Å²) < 4.78 is 3.81. The van der Waals surface area contributed by atoms with Gasteiger partial charge in [0, 0.05) is 12.2 Å². The van der Waals surface area contributed by atoms with Gasteiger partial charge in [-0.05, 0) is 26.2 Å². The third-order valence-corrected chi connectivity index (χ3v) is 3.57. The first kappa shape index (κ1) is 15.4. The fourth-order valence-electron chi connectivity index (χ4n) is 2.64. The van der Waals surface area contributed by atoms with Gasteiger partial charge in [-0.25, -0.2) is 9.67 Å². The Kier molecular flexibility index (Phi) is 4.88. The third-order valence-electron chi connectivity index (χ3n) is 3.57. The molecule has 6 nitrogen and oxygen atoms in total. The van der Waals surface area contributed by atoms with Crippen LogP contribution in [0, 0.1) is 0 Å². The number of Topliss-reactive ketones (excluding diaryl/α,β-unsaturated/α-hetero) is 1. The summed E-state index contributed by atoms with van der Waals surface area (Å²) in [6, 6.07) is 0. The molecule has 0 saturated carbocycles. The van der Waals surface area contributed by atoms with E-state index >= 15 is 0 Å². The van der Waals surface area contributed by atoms with Crippen LogP contribution in [0.4, 0.5) is 0 Å². The van der Waals surface area contributed by atoms with E-state index in [1.165, 1.54) is 0 Å². The summed E-state index contributed by atoms with van der Waals surface area (Å²) in [7, 11) is 0. The molecular formula is C15H23N5O. The number of nitrogens with zero attached hydrogens (tertiary/aromatic N) is 5. The molecule has 0 bridgehead atoms. The van der Waals surface area contributed by atoms with Crippen LogP contribution >= 0.6 is 0 Å². The van der Waals surface area contributed by atoms with Gasteiger partial charge in [-0.3, -0.25) is 9.48 Å². The Labute approximate surface area is 125 Å². The van der Waals surface area contributed by atoms with E-state index in [9.17, 15) is 4.79 Å². The number of carbonyl (C=O) groups is 1. The highest BCUT2D eigenvalue weighted by molar-refractivity contribution is 5.96. The Hall–Kier alpha value is -1.98. The van der Waals surface area contributed by atoms with Gasteiger partial charge in [-0.15, -0.1) is 0 Å². The molecule has 0 aromatic carbocycles. The van der Waals surface area contributed by atoms with Gasteiger partial charge < -0.3 is 0 Å². The minimum atomic E-state index is 0.0879. The molecule has 0 aliphatic heterocycles. The van der Waals surface area contributed by atoms with E-state index in [-0.39, 0.29) is 5.78 Å². The second-order valence-corrected chi connectivity index (χ2v) is 5.09. The lowest BCUT2D eigenvalue weighted by Crippen LogP contribution is -2.13. The molecule has 114 valence electrons. The average Bonchev–Trinajstić information content (AvgIpc) is 3.04. The first-order valence-corrected chi connectivity index (χ1v) is 7.58. The zero-order valence-electron chi connectivity index (χ0n) is 13.3. The molecule has 21 heavy (non-hydrogen) atoms. The molecule has 0 radical (unpaired) electrons. The van der Waals surface area contributed by atoms with E-state index in [2.05, 4.69) is 29.0 Å². The summed E-state index contributed by atoms with van der Waals surface area (Å²) in [5.74, 6) is 0.969. The minimum Gasteiger partial charge on any atom is -0.294 e. The van der Waals surface area contributed by atoms with Gasteiger partial charge in [0.1, 0.15) is 18.7 Å². The van der Waals surface area contributed by atoms with Gasteiger partial charge in [0.2, 0.25) is 0 Å². The molecule has 0 unspecified atom stereocenters. The summed E-state index contributed by atoms with van der Waals surface area (Å²) in [5.41, 5.74) is 2.65. The number of carbonyl (C=O) groups excluding carboxylic acids is 1. The summed E-state index contributed by atoms with van der Waals surface area (Å²) >= 11 is 0. The first-order chi connectivity index (χ1) is 10.1.